The second kappa shape index (κ2) is 6.27. The Morgan fingerprint density at radius 1 is 1.09 bits per heavy atom. The molecule has 3 nitrogen and oxygen atoms in total. The predicted molar refractivity (Wildman–Crippen MR) is 93.5 cm³/mol. The number of rotatable bonds is 5. The molecule has 1 aromatic carbocycles. The summed E-state index contributed by atoms with van der Waals surface area (Å²) < 4.78 is 0. The average molecular weight is 312 g/mol. The fourth-order valence-corrected chi connectivity index (χ4v) is 4.67. The predicted octanol–water partition coefficient (Wildman–Crippen LogP) is 3.84. The molecule has 3 atom stereocenters. The number of carbonyl (C=O) groups is 1. The number of carbonyl (C=O) groups excluding carboxylic acids is 1. The average Bonchev–Trinajstić information content (AvgIpc) is 3.35. The standard InChI is InChI=1S/C20H28N2O/c1-2-20(23)22(16-6-4-3-5-7-16)19-12-17-10-11-18(13-19)21(17)14-15-8-9-15/h3-7,15,17-19H,2,8-14H2,1H3/t17-,18+,19?. The molecule has 23 heavy (non-hydrogen) atoms. The van der Waals surface area contributed by atoms with Gasteiger partial charge in [-0.1, -0.05) is 25.1 Å². The zero-order valence-electron chi connectivity index (χ0n) is 14.2. The van der Waals surface area contributed by atoms with Gasteiger partial charge in [-0.15, -0.1) is 0 Å². The number of piperidine rings is 1. The Hall–Kier alpha value is -1.35. The Balaban J connectivity index is 1.53. The molecule has 0 spiro atoms. The number of fused-ring (bicyclic) bond motifs is 2. The van der Waals surface area contributed by atoms with Crippen LogP contribution in [-0.2, 0) is 4.79 Å². The van der Waals surface area contributed by atoms with Crippen molar-refractivity contribution in [2.24, 2.45) is 5.92 Å². The van der Waals surface area contributed by atoms with Crippen LogP contribution in [-0.4, -0.2) is 35.5 Å². The van der Waals surface area contributed by atoms with Crippen LogP contribution < -0.4 is 4.90 Å². The minimum absolute atomic E-state index is 0.274. The van der Waals surface area contributed by atoms with Crippen molar-refractivity contribution in [1.82, 2.24) is 4.90 Å². The topological polar surface area (TPSA) is 23.6 Å². The highest BCUT2D eigenvalue weighted by Crippen LogP contribution is 2.42. The summed E-state index contributed by atoms with van der Waals surface area (Å²) in [6.45, 7) is 3.30. The summed E-state index contributed by atoms with van der Waals surface area (Å²) in [5, 5.41) is 0. The first kappa shape index (κ1) is 15.2. The molecular formula is C20H28N2O. The van der Waals surface area contributed by atoms with Crippen LogP contribution in [0.15, 0.2) is 30.3 Å². The third-order valence-electron chi connectivity index (χ3n) is 6.00. The first-order chi connectivity index (χ1) is 11.3. The fourth-order valence-electron chi connectivity index (χ4n) is 4.67. The summed E-state index contributed by atoms with van der Waals surface area (Å²) in [6.07, 6.45) is 8.43. The molecular weight excluding hydrogens is 284 g/mol. The maximum absolute atomic E-state index is 12.6. The van der Waals surface area contributed by atoms with E-state index in [4.69, 9.17) is 0 Å². The molecule has 2 heterocycles. The van der Waals surface area contributed by atoms with Gasteiger partial charge in [0.1, 0.15) is 0 Å². The summed E-state index contributed by atoms with van der Waals surface area (Å²) in [4.78, 5) is 17.5. The van der Waals surface area contributed by atoms with E-state index in [2.05, 4.69) is 21.9 Å². The van der Waals surface area contributed by atoms with Crippen molar-refractivity contribution in [2.75, 3.05) is 11.4 Å². The number of anilines is 1. The second-order valence-electron chi connectivity index (χ2n) is 7.60. The monoisotopic (exact) mass is 312 g/mol. The molecule has 3 heteroatoms. The summed E-state index contributed by atoms with van der Waals surface area (Å²) >= 11 is 0. The number of para-hydroxylation sites is 1. The third kappa shape index (κ3) is 3.03. The smallest absolute Gasteiger partial charge is 0.226 e. The van der Waals surface area contributed by atoms with Gasteiger partial charge < -0.3 is 4.90 Å². The highest BCUT2D eigenvalue weighted by atomic mass is 16.2. The van der Waals surface area contributed by atoms with E-state index in [1.54, 1.807) is 0 Å². The van der Waals surface area contributed by atoms with E-state index in [9.17, 15) is 4.79 Å². The first-order valence-corrected chi connectivity index (χ1v) is 9.39. The number of benzene rings is 1. The van der Waals surface area contributed by atoms with Gasteiger partial charge in [0.25, 0.3) is 0 Å². The van der Waals surface area contributed by atoms with Crippen LogP contribution in [0.5, 0.6) is 0 Å². The van der Waals surface area contributed by atoms with E-state index in [1.165, 1.54) is 32.2 Å². The van der Waals surface area contributed by atoms with Gasteiger partial charge in [-0.05, 0) is 56.6 Å². The highest BCUT2D eigenvalue weighted by Gasteiger charge is 2.44. The maximum atomic E-state index is 12.6. The Bertz CT molecular complexity index is 540. The molecule has 3 aliphatic rings. The maximum Gasteiger partial charge on any atom is 0.226 e. The van der Waals surface area contributed by atoms with Gasteiger partial charge in [0.2, 0.25) is 5.91 Å². The van der Waals surface area contributed by atoms with Crippen LogP contribution in [0.25, 0.3) is 0 Å². The van der Waals surface area contributed by atoms with Crippen molar-refractivity contribution in [3.8, 4) is 0 Å². The lowest BCUT2D eigenvalue weighted by molar-refractivity contribution is -0.119. The minimum Gasteiger partial charge on any atom is -0.309 e. The largest absolute Gasteiger partial charge is 0.309 e. The molecule has 1 aromatic rings. The van der Waals surface area contributed by atoms with Crippen molar-refractivity contribution in [3.63, 3.8) is 0 Å². The van der Waals surface area contributed by atoms with Crippen molar-refractivity contribution in [1.29, 1.82) is 0 Å². The molecule has 1 unspecified atom stereocenters. The molecule has 3 fully saturated rings. The van der Waals surface area contributed by atoms with Crippen molar-refractivity contribution in [3.05, 3.63) is 30.3 Å². The van der Waals surface area contributed by atoms with E-state index in [-0.39, 0.29) is 5.91 Å². The Labute approximate surface area is 139 Å². The molecule has 2 bridgehead atoms. The van der Waals surface area contributed by atoms with Crippen molar-refractivity contribution < 1.29 is 4.79 Å². The lowest BCUT2D eigenvalue weighted by atomic mass is 9.94. The molecule has 124 valence electrons. The Morgan fingerprint density at radius 2 is 1.74 bits per heavy atom. The molecule has 0 aromatic heterocycles. The summed E-state index contributed by atoms with van der Waals surface area (Å²) in [6, 6.07) is 12.1. The van der Waals surface area contributed by atoms with Crippen LogP contribution in [0.3, 0.4) is 0 Å². The van der Waals surface area contributed by atoms with Gasteiger partial charge in [-0.3, -0.25) is 9.69 Å². The van der Waals surface area contributed by atoms with Crippen LogP contribution in [0.1, 0.15) is 51.9 Å². The quantitative estimate of drug-likeness (QED) is 0.825. The summed E-state index contributed by atoms with van der Waals surface area (Å²) in [5.41, 5.74) is 1.08. The lowest BCUT2D eigenvalue weighted by Crippen LogP contribution is -2.52. The van der Waals surface area contributed by atoms with E-state index < -0.39 is 0 Å². The first-order valence-electron chi connectivity index (χ1n) is 9.39. The summed E-state index contributed by atoms with van der Waals surface area (Å²) in [7, 11) is 0. The van der Waals surface area contributed by atoms with Gasteiger partial charge in [-0.25, -0.2) is 0 Å². The van der Waals surface area contributed by atoms with Crippen LogP contribution in [0, 0.1) is 5.92 Å². The van der Waals surface area contributed by atoms with Crippen LogP contribution in [0.2, 0.25) is 0 Å². The fraction of sp³-hybridized carbons (Fsp3) is 0.650. The lowest BCUT2D eigenvalue weighted by Gasteiger charge is -2.43. The van der Waals surface area contributed by atoms with E-state index in [0.29, 0.717) is 24.5 Å². The normalized spacial score (nSPS) is 30.4. The van der Waals surface area contributed by atoms with E-state index in [0.717, 1.165) is 24.4 Å². The summed E-state index contributed by atoms with van der Waals surface area (Å²) in [5.74, 6) is 1.24. The van der Waals surface area contributed by atoms with Gasteiger partial charge in [0, 0.05) is 36.8 Å². The molecule has 1 aliphatic carbocycles. The van der Waals surface area contributed by atoms with Crippen LogP contribution >= 0.6 is 0 Å². The molecule has 4 rings (SSSR count). The molecule has 2 saturated heterocycles. The third-order valence-corrected chi connectivity index (χ3v) is 6.00. The number of nitrogens with zero attached hydrogens (tertiary/aromatic N) is 2. The van der Waals surface area contributed by atoms with E-state index >= 15 is 0 Å². The Kier molecular flexibility index (Phi) is 4.14. The van der Waals surface area contributed by atoms with Gasteiger partial charge in [-0.2, -0.15) is 0 Å². The highest BCUT2D eigenvalue weighted by molar-refractivity contribution is 5.93. The molecule has 0 N–H and O–H groups in total. The zero-order chi connectivity index (χ0) is 15.8. The van der Waals surface area contributed by atoms with Gasteiger partial charge >= 0.3 is 0 Å². The molecule has 1 saturated carbocycles. The van der Waals surface area contributed by atoms with Crippen LogP contribution in [0.4, 0.5) is 5.69 Å². The van der Waals surface area contributed by atoms with E-state index in [1.807, 2.05) is 25.1 Å². The van der Waals surface area contributed by atoms with Gasteiger partial charge in [0.15, 0.2) is 0 Å². The van der Waals surface area contributed by atoms with Crippen molar-refractivity contribution in [2.45, 2.75) is 70.0 Å². The number of hydrogen-bond donors (Lipinski definition) is 0. The molecule has 2 aliphatic heterocycles. The Morgan fingerprint density at radius 3 is 2.30 bits per heavy atom. The molecule has 1 amide bonds. The SMILES string of the molecule is CCC(=O)N(c1ccccc1)C1C[C@H]2CC[C@@H](C1)N2CC1CC1. The zero-order valence-corrected chi connectivity index (χ0v) is 14.2. The minimum atomic E-state index is 0.274. The number of hydrogen-bond acceptors (Lipinski definition) is 2. The van der Waals surface area contributed by atoms with Gasteiger partial charge in [0.05, 0.1) is 0 Å². The second-order valence-corrected chi connectivity index (χ2v) is 7.60. The van der Waals surface area contributed by atoms with Crippen molar-refractivity contribution >= 4 is 11.6 Å². The molecule has 0 radical (unpaired) electrons. The number of amides is 1.